The van der Waals surface area contributed by atoms with E-state index in [-0.39, 0.29) is 6.10 Å². The Morgan fingerprint density at radius 1 is 0.583 bits per heavy atom. The monoisotopic (exact) mass is 502 g/mol. The molecule has 4 heteroatoms. The zero-order valence-electron chi connectivity index (χ0n) is 23.7. The summed E-state index contributed by atoms with van der Waals surface area (Å²) in [6.45, 7) is 6.84. The molecule has 1 aromatic rings. The predicted octanol–water partition coefficient (Wildman–Crippen LogP) is 9.84. The largest absolute Gasteiger partial charge is 0.462 e. The molecule has 0 aromatic heterocycles. The molecule has 0 saturated heterocycles. The molecule has 0 aliphatic rings. The summed E-state index contributed by atoms with van der Waals surface area (Å²) in [7, 11) is 0. The summed E-state index contributed by atoms with van der Waals surface area (Å²) in [5.41, 5.74) is 0.603. The van der Waals surface area contributed by atoms with E-state index in [9.17, 15) is 9.59 Å². The molecule has 36 heavy (non-hydrogen) atoms. The molecule has 1 aromatic carbocycles. The molecule has 0 aliphatic heterocycles. The molecule has 0 N–H and O–H groups in total. The van der Waals surface area contributed by atoms with Crippen molar-refractivity contribution < 1.29 is 19.1 Å². The lowest BCUT2D eigenvalue weighted by Gasteiger charge is -2.17. The van der Waals surface area contributed by atoms with Crippen LogP contribution in [0.5, 0.6) is 0 Å². The van der Waals surface area contributed by atoms with Crippen LogP contribution in [0.4, 0.5) is 0 Å². The summed E-state index contributed by atoms with van der Waals surface area (Å²) < 4.78 is 11.2. The molecule has 0 bridgehead atoms. The van der Waals surface area contributed by atoms with Gasteiger partial charge in [-0.05, 0) is 31.4 Å². The normalized spacial score (nSPS) is 11.1. The number of hydrogen-bond acceptors (Lipinski definition) is 4. The Morgan fingerprint density at radius 2 is 1.00 bits per heavy atom. The van der Waals surface area contributed by atoms with Crippen LogP contribution in [0.2, 0.25) is 0 Å². The van der Waals surface area contributed by atoms with Crippen molar-refractivity contribution in [3.05, 3.63) is 35.4 Å². The zero-order valence-corrected chi connectivity index (χ0v) is 23.7. The summed E-state index contributed by atoms with van der Waals surface area (Å²) in [5.74, 6) is -0.864. The minimum Gasteiger partial charge on any atom is -0.462 e. The van der Waals surface area contributed by atoms with E-state index < -0.39 is 11.9 Å². The van der Waals surface area contributed by atoms with Crippen LogP contribution in [0.3, 0.4) is 0 Å². The lowest BCUT2D eigenvalue weighted by molar-refractivity contribution is 0.0249. The van der Waals surface area contributed by atoms with E-state index >= 15 is 0 Å². The SMILES string of the molecule is CCCCCCCCCCCCCCCCCOC(=O)c1ccccc1C(=O)OC(CCC)CCC. The van der Waals surface area contributed by atoms with E-state index in [1.807, 2.05) is 0 Å². The number of ether oxygens (including phenoxy) is 2. The molecule has 0 fully saturated rings. The fourth-order valence-electron chi connectivity index (χ4n) is 4.68. The van der Waals surface area contributed by atoms with Crippen molar-refractivity contribution in [2.75, 3.05) is 6.61 Å². The van der Waals surface area contributed by atoms with Crippen molar-refractivity contribution in [2.45, 2.75) is 149 Å². The molecule has 0 saturated carbocycles. The van der Waals surface area contributed by atoms with Gasteiger partial charge in [-0.15, -0.1) is 0 Å². The van der Waals surface area contributed by atoms with Gasteiger partial charge in [0.15, 0.2) is 0 Å². The quantitative estimate of drug-likeness (QED) is 0.110. The minimum absolute atomic E-state index is 0.100. The van der Waals surface area contributed by atoms with Crippen molar-refractivity contribution in [1.82, 2.24) is 0 Å². The third-order valence-electron chi connectivity index (χ3n) is 6.84. The van der Waals surface area contributed by atoms with Gasteiger partial charge in [0.1, 0.15) is 6.10 Å². The van der Waals surface area contributed by atoms with E-state index in [0.29, 0.717) is 17.7 Å². The van der Waals surface area contributed by atoms with E-state index in [2.05, 4.69) is 20.8 Å². The van der Waals surface area contributed by atoms with E-state index in [1.54, 1.807) is 24.3 Å². The molecular weight excluding hydrogens is 448 g/mol. The molecule has 0 heterocycles. The van der Waals surface area contributed by atoms with Gasteiger partial charge >= 0.3 is 11.9 Å². The highest BCUT2D eigenvalue weighted by Gasteiger charge is 2.21. The van der Waals surface area contributed by atoms with Crippen molar-refractivity contribution in [3.8, 4) is 0 Å². The maximum atomic E-state index is 12.7. The first-order valence-electron chi connectivity index (χ1n) is 15.1. The molecule has 0 spiro atoms. The summed E-state index contributed by atoms with van der Waals surface area (Å²) >= 11 is 0. The van der Waals surface area contributed by atoms with Gasteiger partial charge in [0.2, 0.25) is 0 Å². The number of hydrogen-bond donors (Lipinski definition) is 0. The van der Waals surface area contributed by atoms with Gasteiger partial charge in [-0.1, -0.05) is 136 Å². The smallest absolute Gasteiger partial charge is 0.339 e. The lowest BCUT2D eigenvalue weighted by atomic mass is 10.0. The number of unbranched alkanes of at least 4 members (excludes halogenated alkanes) is 14. The third-order valence-corrected chi connectivity index (χ3v) is 6.84. The fraction of sp³-hybridized carbons (Fsp3) is 0.750. The second kappa shape index (κ2) is 22.4. The van der Waals surface area contributed by atoms with Gasteiger partial charge in [0, 0.05) is 0 Å². The van der Waals surface area contributed by atoms with Crippen LogP contribution in [-0.4, -0.2) is 24.6 Å². The number of rotatable bonds is 23. The highest BCUT2D eigenvalue weighted by molar-refractivity contribution is 6.03. The zero-order chi connectivity index (χ0) is 26.3. The van der Waals surface area contributed by atoms with Crippen LogP contribution < -0.4 is 0 Å². The van der Waals surface area contributed by atoms with Crippen molar-refractivity contribution in [3.63, 3.8) is 0 Å². The number of esters is 2. The van der Waals surface area contributed by atoms with Gasteiger partial charge in [0.25, 0.3) is 0 Å². The van der Waals surface area contributed by atoms with Crippen LogP contribution >= 0.6 is 0 Å². The van der Waals surface area contributed by atoms with Crippen molar-refractivity contribution >= 4 is 11.9 Å². The van der Waals surface area contributed by atoms with Gasteiger partial charge < -0.3 is 9.47 Å². The number of carbonyl (C=O) groups excluding carboxylic acids is 2. The minimum atomic E-state index is -0.435. The summed E-state index contributed by atoms with van der Waals surface area (Å²) in [6, 6.07) is 6.83. The van der Waals surface area contributed by atoms with E-state index in [4.69, 9.17) is 9.47 Å². The molecular formula is C32H54O4. The topological polar surface area (TPSA) is 52.6 Å². The summed E-state index contributed by atoms with van der Waals surface area (Å²) in [5, 5.41) is 0. The second-order valence-corrected chi connectivity index (χ2v) is 10.2. The van der Waals surface area contributed by atoms with Gasteiger partial charge in [-0.25, -0.2) is 9.59 Å². The van der Waals surface area contributed by atoms with Gasteiger partial charge in [-0.2, -0.15) is 0 Å². The Kier molecular flexibility index (Phi) is 20.0. The molecule has 0 aliphatic carbocycles. The summed E-state index contributed by atoms with van der Waals surface area (Å²) in [6.07, 6.45) is 23.1. The Balaban J connectivity index is 2.16. The first kappa shape index (κ1) is 32.2. The van der Waals surface area contributed by atoms with E-state index in [0.717, 1.165) is 38.5 Å². The molecule has 206 valence electrons. The average Bonchev–Trinajstić information content (AvgIpc) is 2.88. The van der Waals surface area contributed by atoms with Crippen LogP contribution in [0.15, 0.2) is 24.3 Å². The maximum absolute atomic E-state index is 12.7. The Labute approximate surface area is 221 Å². The fourth-order valence-corrected chi connectivity index (χ4v) is 4.68. The van der Waals surface area contributed by atoms with Crippen molar-refractivity contribution in [2.24, 2.45) is 0 Å². The third kappa shape index (κ3) is 15.3. The Bertz CT molecular complexity index is 678. The molecule has 1 rings (SSSR count). The first-order chi connectivity index (χ1) is 17.6. The Morgan fingerprint density at radius 3 is 1.44 bits per heavy atom. The molecule has 0 unspecified atom stereocenters. The lowest BCUT2D eigenvalue weighted by Crippen LogP contribution is -2.20. The molecule has 0 radical (unpaired) electrons. The number of benzene rings is 1. The molecule has 4 nitrogen and oxygen atoms in total. The Hall–Kier alpha value is -1.84. The predicted molar refractivity (Wildman–Crippen MR) is 151 cm³/mol. The summed E-state index contributed by atoms with van der Waals surface area (Å²) in [4.78, 5) is 25.3. The van der Waals surface area contributed by atoms with Gasteiger partial charge in [-0.3, -0.25) is 0 Å². The molecule has 0 amide bonds. The van der Waals surface area contributed by atoms with E-state index in [1.165, 1.54) is 83.5 Å². The average molecular weight is 503 g/mol. The highest BCUT2D eigenvalue weighted by Crippen LogP contribution is 2.17. The number of carbonyl (C=O) groups is 2. The van der Waals surface area contributed by atoms with Crippen LogP contribution in [0, 0.1) is 0 Å². The highest BCUT2D eigenvalue weighted by atomic mass is 16.5. The second-order valence-electron chi connectivity index (χ2n) is 10.2. The van der Waals surface area contributed by atoms with Gasteiger partial charge in [0.05, 0.1) is 17.7 Å². The molecule has 0 atom stereocenters. The van der Waals surface area contributed by atoms with Crippen LogP contribution in [0.1, 0.15) is 163 Å². The first-order valence-corrected chi connectivity index (χ1v) is 15.1. The van der Waals surface area contributed by atoms with Crippen LogP contribution in [-0.2, 0) is 9.47 Å². The standard InChI is InChI=1S/C32H54O4/c1-4-7-8-9-10-11-12-13-14-15-16-17-18-19-22-27-35-31(33)29-25-20-21-26-30(29)32(34)36-28(23-5-2)24-6-3/h20-21,25-26,28H,4-19,22-24,27H2,1-3H3. The maximum Gasteiger partial charge on any atom is 0.339 e. The van der Waals surface area contributed by atoms with Crippen LogP contribution in [0.25, 0.3) is 0 Å². The van der Waals surface area contributed by atoms with Crippen molar-refractivity contribution in [1.29, 1.82) is 0 Å².